The van der Waals surface area contributed by atoms with Crippen LogP contribution in [-0.2, 0) is 11.3 Å². The van der Waals surface area contributed by atoms with Crippen molar-refractivity contribution in [2.75, 3.05) is 13.7 Å². The van der Waals surface area contributed by atoms with E-state index >= 15 is 0 Å². The fourth-order valence-electron chi connectivity index (χ4n) is 2.40. The van der Waals surface area contributed by atoms with Crippen LogP contribution in [0.4, 0.5) is 0 Å². The second-order valence-corrected chi connectivity index (χ2v) is 5.61. The standard InChI is InChI=1S/C17H27NO2/c1-4-10-18-13(2)14-8-9-17(19-3)15(11-14)12-20-16-6-5-7-16/h8-9,11,13,16,18H,4-7,10,12H2,1-3H3. The molecule has 3 nitrogen and oxygen atoms in total. The third kappa shape index (κ3) is 3.97. The predicted molar refractivity (Wildman–Crippen MR) is 82.1 cm³/mol. The van der Waals surface area contributed by atoms with Crippen molar-refractivity contribution in [1.29, 1.82) is 0 Å². The van der Waals surface area contributed by atoms with Gasteiger partial charge >= 0.3 is 0 Å². The Labute approximate surface area is 122 Å². The summed E-state index contributed by atoms with van der Waals surface area (Å²) in [7, 11) is 1.72. The molecular formula is C17H27NO2. The number of methoxy groups -OCH3 is 1. The topological polar surface area (TPSA) is 30.5 Å². The van der Waals surface area contributed by atoms with Crippen LogP contribution in [0.25, 0.3) is 0 Å². The summed E-state index contributed by atoms with van der Waals surface area (Å²) < 4.78 is 11.4. The summed E-state index contributed by atoms with van der Waals surface area (Å²) in [6.07, 6.45) is 5.32. The number of ether oxygens (including phenoxy) is 2. The zero-order valence-corrected chi connectivity index (χ0v) is 12.9. The second kappa shape index (κ2) is 7.65. The maximum atomic E-state index is 5.92. The fourth-order valence-corrected chi connectivity index (χ4v) is 2.40. The van der Waals surface area contributed by atoms with E-state index in [1.165, 1.54) is 24.8 Å². The van der Waals surface area contributed by atoms with E-state index in [9.17, 15) is 0 Å². The first-order valence-corrected chi connectivity index (χ1v) is 7.76. The molecule has 2 rings (SSSR count). The van der Waals surface area contributed by atoms with Crippen molar-refractivity contribution >= 4 is 0 Å². The Balaban J connectivity index is 2.02. The van der Waals surface area contributed by atoms with Gasteiger partial charge in [-0.3, -0.25) is 0 Å². The van der Waals surface area contributed by atoms with Crippen LogP contribution in [0, 0.1) is 0 Å². The summed E-state index contributed by atoms with van der Waals surface area (Å²) in [5, 5.41) is 3.52. The van der Waals surface area contributed by atoms with Crippen LogP contribution in [0.15, 0.2) is 18.2 Å². The minimum absolute atomic E-state index is 0.364. The monoisotopic (exact) mass is 277 g/mol. The van der Waals surface area contributed by atoms with E-state index in [1.54, 1.807) is 7.11 Å². The Kier molecular flexibility index (Phi) is 5.86. The van der Waals surface area contributed by atoms with E-state index in [0.717, 1.165) is 24.3 Å². The molecule has 0 heterocycles. The predicted octanol–water partition coefficient (Wildman–Crippen LogP) is 3.82. The maximum Gasteiger partial charge on any atom is 0.124 e. The molecule has 1 fully saturated rings. The van der Waals surface area contributed by atoms with Gasteiger partial charge in [0, 0.05) is 11.6 Å². The van der Waals surface area contributed by atoms with Crippen molar-refractivity contribution in [1.82, 2.24) is 5.32 Å². The van der Waals surface area contributed by atoms with E-state index in [-0.39, 0.29) is 0 Å². The molecular weight excluding hydrogens is 250 g/mol. The van der Waals surface area contributed by atoms with E-state index in [4.69, 9.17) is 9.47 Å². The van der Waals surface area contributed by atoms with Gasteiger partial charge in [0.15, 0.2) is 0 Å². The minimum atomic E-state index is 0.364. The van der Waals surface area contributed by atoms with Gasteiger partial charge in [0.2, 0.25) is 0 Å². The lowest BCUT2D eigenvalue weighted by Gasteiger charge is -2.26. The fraction of sp³-hybridized carbons (Fsp3) is 0.647. The first kappa shape index (κ1) is 15.3. The van der Waals surface area contributed by atoms with Crippen molar-refractivity contribution in [3.05, 3.63) is 29.3 Å². The Morgan fingerprint density at radius 3 is 2.75 bits per heavy atom. The molecule has 0 amide bonds. The largest absolute Gasteiger partial charge is 0.496 e. The average molecular weight is 277 g/mol. The van der Waals surface area contributed by atoms with Crippen molar-refractivity contribution in [2.45, 2.75) is 58.3 Å². The van der Waals surface area contributed by atoms with Gasteiger partial charge in [-0.05, 0) is 56.8 Å². The molecule has 0 aromatic heterocycles. The molecule has 3 heteroatoms. The zero-order chi connectivity index (χ0) is 14.4. The smallest absolute Gasteiger partial charge is 0.124 e. The van der Waals surface area contributed by atoms with Gasteiger partial charge in [-0.1, -0.05) is 13.0 Å². The van der Waals surface area contributed by atoms with Gasteiger partial charge in [0.05, 0.1) is 19.8 Å². The van der Waals surface area contributed by atoms with Gasteiger partial charge in [0.25, 0.3) is 0 Å². The molecule has 1 aliphatic carbocycles. The highest BCUT2D eigenvalue weighted by molar-refractivity contribution is 5.38. The summed E-state index contributed by atoms with van der Waals surface area (Å²) in [5.41, 5.74) is 2.45. The molecule has 0 saturated heterocycles. The summed E-state index contributed by atoms with van der Waals surface area (Å²) in [4.78, 5) is 0. The number of hydrogen-bond acceptors (Lipinski definition) is 3. The molecule has 1 unspecified atom stereocenters. The van der Waals surface area contributed by atoms with Crippen LogP contribution < -0.4 is 10.1 Å². The van der Waals surface area contributed by atoms with Gasteiger partial charge in [-0.2, -0.15) is 0 Å². The first-order chi connectivity index (χ1) is 9.74. The average Bonchev–Trinajstić information content (AvgIpc) is 2.43. The van der Waals surface area contributed by atoms with Crippen LogP contribution >= 0.6 is 0 Å². The van der Waals surface area contributed by atoms with Crippen LogP contribution in [0.5, 0.6) is 5.75 Å². The molecule has 1 N–H and O–H groups in total. The third-order valence-electron chi connectivity index (χ3n) is 4.03. The van der Waals surface area contributed by atoms with Gasteiger partial charge < -0.3 is 14.8 Å². The lowest BCUT2D eigenvalue weighted by Crippen LogP contribution is -2.22. The molecule has 0 bridgehead atoms. The van der Waals surface area contributed by atoms with Crippen LogP contribution in [-0.4, -0.2) is 19.8 Å². The van der Waals surface area contributed by atoms with Crippen LogP contribution in [0.3, 0.4) is 0 Å². The molecule has 1 atom stereocenters. The third-order valence-corrected chi connectivity index (χ3v) is 4.03. The summed E-state index contributed by atoms with van der Waals surface area (Å²) in [6.45, 7) is 6.09. The molecule has 1 saturated carbocycles. The van der Waals surface area contributed by atoms with Gasteiger partial charge in [-0.25, -0.2) is 0 Å². The Hall–Kier alpha value is -1.06. The lowest BCUT2D eigenvalue weighted by molar-refractivity contribution is -0.00937. The lowest BCUT2D eigenvalue weighted by atomic mass is 9.96. The molecule has 20 heavy (non-hydrogen) atoms. The SMILES string of the molecule is CCCNC(C)c1ccc(OC)c(COC2CCC2)c1. The van der Waals surface area contributed by atoms with E-state index in [0.29, 0.717) is 18.8 Å². The Bertz CT molecular complexity index is 415. The number of nitrogens with one attached hydrogen (secondary N) is 1. The minimum Gasteiger partial charge on any atom is -0.496 e. The van der Waals surface area contributed by atoms with Gasteiger partial charge in [-0.15, -0.1) is 0 Å². The molecule has 112 valence electrons. The highest BCUT2D eigenvalue weighted by Crippen LogP contribution is 2.27. The first-order valence-electron chi connectivity index (χ1n) is 7.76. The van der Waals surface area contributed by atoms with Crippen molar-refractivity contribution in [3.8, 4) is 5.75 Å². The Morgan fingerprint density at radius 1 is 1.35 bits per heavy atom. The maximum absolute atomic E-state index is 5.92. The highest BCUT2D eigenvalue weighted by atomic mass is 16.5. The van der Waals surface area contributed by atoms with Crippen molar-refractivity contribution in [3.63, 3.8) is 0 Å². The second-order valence-electron chi connectivity index (χ2n) is 5.61. The quantitative estimate of drug-likeness (QED) is 0.783. The number of hydrogen-bond donors (Lipinski definition) is 1. The van der Waals surface area contributed by atoms with E-state index in [2.05, 4.69) is 37.4 Å². The molecule has 0 aliphatic heterocycles. The molecule has 1 aliphatic rings. The zero-order valence-electron chi connectivity index (χ0n) is 12.9. The molecule has 1 aromatic rings. The van der Waals surface area contributed by atoms with Gasteiger partial charge in [0.1, 0.15) is 5.75 Å². The van der Waals surface area contributed by atoms with Crippen LogP contribution in [0.2, 0.25) is 0 Å². The van der Waals surface area contributed by atoms with E-state index in [1.807, 2.05) is 0 Å². The molecule has 1 aromatic carbocycles. The summed E-state index contributed by atoms with van der Waals surface area (Å²) in [6, 6.07) is 6.77. The Morgan fingerprint density at radius 2 is 2.15 bits per heavy atom. The normalized spacial score (nSPS) is 16.8. The summed E-state index contributed by atoms with van der Waals surface area (Å²) >= 11 is 0. The molecule has 0 radical (unpaired) electrons. The number of benzene rings is 1. The molecule has 0 spiro atoms. The van der Waals surface area contributed by atoms with Crippen molar-refractivity contribution < 1.29 is 9.47 Å². The summed E-state index contributed by atoms with van der Waals surface area (Å²) in [5.74, 6) is 0.927. The van der Waals surface area contributed by atoms with E-state index < -0.39 is 0 Å². The van der Waals surface area contributed by atoms with Crippen molar-refractivity contribution in [2.24, 2.45) is 0 Å². The number of rotatable bonds is 8. The highest BCUT2D eigenvalue weighted by Gasteiger charge is 2.18. The van der Waals surface area contributed by atoms with Crippen LogP contribution in [0.1, 0.15) is 56.7 Å².